The molecule has 0 unspecified atom stereocenters. The van der Waals surface area contributed by atoms with Crippen molar-refractivity contribution in [3.8, 4) is 17.6 Å². The Morgan fingerprint density at radius 1 is 1.04 bits per heavy atom. The lowest BCUT2D eigenvalue weighted by Gasteiger charge is -2.03. The van der Waals surface area contributed by atoms with Gasteiger partial charge in [-0.1, -0.05) is 59.9 Å². The van der Waals surface area contributed by atoms with Crippen molar-refractivity contribution >= 4 is 0 Å². The van der Waals surface area contributed by atoms with E-state index in [1.807, 2.05) is 82.4 Å². The first-order valence-electron chi connectivity index (χ1n) is 9.28. The Bertz CT molecular complexity index is 943. The van der Waals surface area contributed by atoms with Gasteiger partial charge in [-0.25, -0.2) is 4.98 Å². The van der Waals surface area contributed by atoms with Crippen molar-refractivity contribution < 1.29 is 5.11 Å². The molecule has 0 atom stereocenters. The molecule has 0 bridgehead atoms. The number of nitrogens with one attached hydrogen (secondary N) is 1. The summed E-state index contributed by atoms with van der Waals surface area (Å²) in [6.45, 7) is 7.84. The quantitative estimate of drug-likeness (QED) is 0.523. The molecule has 28 heavy (non-hydrogen) atoms. The molecule has 0 saturated heterocycles. The highest BCUT2D eigenvalue weighted by Crippen LogP contribution is 2.14. The SMILES string of the molecule is C\C=C/C=C\C(C#CC(/C=C\C(=C/C)CCc1nc[nH]c(=O)c1O)=C/C)=C/C. The number of aromatic amines is 1. The zero-order chi connectivity index (χ0) is 20.8. The van der Waals surface area contributed by atoms with Crippen molar-refractivity contribution in [2.45, 2.75) is 40.5 Å². The number of H-pyrrole nitrogens is 1. The van der Waals surface area contributed by atoms with Crippen LogP contribution in [0.2, 0.25) is 0 Å². The second-order valence-electron chi connectivity index (χ2n) is 5.85. The van der Waals surface area contributed by atoms with Crippen LogP contribution in [-0.4, -0.2) is 15.1 Å². The Kier molecular flexibility index (Phi) is 10.5. The molecule has 1 heterocycles. The Labute approximate surface area is 167 Å². The highest BCUT2D eigenvalue weighted by Gasteiger charge is 2.06. The second kappa shape index (κ2) is 12.9. The number of aryl methyl sites for hydroxylation is 1. The van der Waals surface area contributed by atoms with E-state index in [9.17, 15) is 9.90 Å². The van der Waals surface area contributed by atoms with Gasteiger partial charge in [0.05, 0.1) is 12.0 Å². The van der Waals surface area contributed by atoms with Crippen LogP contribution in [0, 0.1) is 11.8 Å². The molecular formula is C24H28N2O2. The van der Waals surface area contributed by atoms with Crippen LogP contribution in [0.1, 0.15) is 39.8 Å². The van der Waals surface area contributed by atoms with Crippen LogP contribution in [0.5, 0.6) is 5.75 Å². The fourth-order valence-corrected chi connectivity index (χ4v) is 2.23. The van der Waals surface area contributed by atoms with Gasteiger partial charge in [0.15, 0.2) is 0 Å². The van der Waals surface area contributed by atoms with Gasteiger partial charge in [-0.2, -0.15) is 0 Å². The van der Waals surface area contributed by atoms with E-state index in [0.29, 0.717) is 18.5 Å². The van der Waals surface area contributed by atoms with Gasteiger partial charge in [0.25, 0.3) is 5.56 Å². The first-order valence-corrected chi connectivity index (χ1v) is 9.28. The Morgan fingerprint density at radius 3 is 2.32 bits per heavy atom. The molecule has 146 valence electrons. The third-order valence-corrected chi connectivity index (χ3v) is 3.96. The number of allylic oxidation sites excluding steroid dienone is 12. The summed E-state index contributed by atoms with van der Waals surface area (Å²) in [6, 6.07) is 0. The van der Waals surface area contributed by atoms with E-state index in [1.54, 1.807) is 0 Å². The molecule has 0 aliphatic heterocycles. The minimum Gasteiger partial charge on any atom is -0.502 e. The zero-order valence-corrected chi connectivity index (χ0v) is 17.0. The molecule has 2 N–H and O–H groups in total. The van der Waals surface area contributed by atoms with Crippen molar-refractivity contribution in [1.29, 1.82) is 0 Å². The van der Waals surface area contributed by atoms with Crippen LogP contribution < -0.4 is 5.56 Å². The number of hydrogen-bond acceptors (Lipinski definition) is 3. The molecule has 0 fully saturated rings. The summed E-state index contributed by atoms with van der Waals surface area (Å²) in [4.78, 5) is 17.8. The van der Waals surface area contributed by atoms with Gasteiger partial charge in [-0.05, 0) is 52.7 Å². The van der Waals surface area contributed by atoms with Gasteiger partial charge in [0, 0.05) is 11.1 Å². The van der Waals surface area contributed by atoms with Gasteiger partial charge >= 0.3 is 0 Å². The van der Waals surface area contributed by atoms with Crippen LogP contribution in [0.4, 0.5) is 0 Å². The van der Waals surface area contributed by atoms with Gasteiger partial charge < -0.3 is 10.1 Å². The van der Waals surface area contributed by atoms with E-state index in [4.69, 9.17) is 0 Å². The van der Waals surface area contributed by atoms with E-state index in [0.717, 1.165) is 16.7 Å². The number of aromatic nitrogens is 2. The van der Waals surface area contributed by atoms with E-state index in [1.165, 1.54) is 6.33 Å². The molecule has 0 saturated carbocycles. The fraction of sp³-hybridized carbons (Fsp3) is 0.250. The van der Waals surface area contributed by atoms with Crippen molar-refractivity contribution in [3.63, 3.8) is 0 Å². The molecule has 4 nitrogen and oxygen atoms in total. The van der Waals surface area contributed by atoms with Gasteiger partial charge in [-0.3, -0.25) is 4.79 Å². The lowest BCUT2D eigenvalue weighted by atomic mass is 10.1. The highest BCUT2D eigenvalue weighted by atomic mass is 16.3. The summed E-state index contributed by atoms with van der Waals surface area (Å²) in [6.07, 6.45) is 20.2. The summed E-state index contributed by atoms with van der Waals surface area (Å²) in [5.74, 6) is 6.02. The molecule has 0 aliphatic carbocycles. The first-order chi connectivity index (χ1) is 13.5. The highest BCUT2D eigenvalue weighted by molar-refractivity contribution is 5.48. The largest absolute Gasteiger partial charge is 0.502 e. The summed E-state index contributed by atoms with van der Waals surface area (Å²) in [5.41, 5.74) is 2.82. The number of nitrogens with zero attached hydrogens (tertiary/aromatic N) is 1. The molecule has 0 amide bonds. The first kappa shape index (κ1) is 22.7. The summed E-state index contributed by atoms with van der Waals surface area (Å²) < 4.78 is 0. The maximum Gasteiger partial charge on any atom is 0.293 e. The molecule has 4 heteroatoms. The van der Waals surface area contributed by atoms with Crippen molar-refractivity contribution in [3.05, 3.63) is 93.8 Å². The lowest BCUT2D eigenvalue weighted by Crippen LogP contribution is -2.08. The van der Waals surface area contributed by atoms with E-state index < -0.39 is 5.56 Å². The van der Waals surface area contributed by atoms with Gasteiger partial charge in [0.2, 0.25) is 5.75 Å². The molecule has 1 rings (SSSR count). The Hall–Kier alpha value is -3.32. The van der Waals surface area contributed by atoms with Crippen LogP contribution >= 0.6 is 0 Å². The van der Waals surface area contributed by atoms with Crippen LogP contribution in [0.3, 0.4) is 0 Å². The molecule has 0 spiro atoms. The van der Waals surface area contributed by atoms with E-state index in [-0.39, 0.29) is 5.75 Å². The Balaban J connectivity index is 2.81. The summed E-state index contributed by atoms with van der Waals surface area (Å²) in [7, 11) is 0. The van der Waals surface area contributed by atoms with Crippen molar-refractivity contribution in [1.82, 2.24) is 9.97 Å². The number of hydrogen-bond donors (Lipinski definition) is 2. The number of aromatic hydroxyl groups is 1. The Morgan fingerprint density at radius 2 is 1.71 bits per heavy atom. The third-order valence-electron chi connectivity index (χ3n) is 3.96. The van der Waals surface area contributed by atoms with Gasteiger partial charge in [-0.15, -0.1) is 0 Å². The van der Waals surface area contributed by atoms with Gasteiger partial charge in [0.1, 0.15) is 0 Å². The fourth-order valence-electron chi connectivity index (χ4n) is 2.23. The zero-order valence-electron chi connectivity index (χ0n) is 17.0. The maximum atomic E-state index is 11.4. The van der Waals surface area contributed by atoms with E-state index in [2.05, 4.69) is 21.8 Å². The lowest BCUT2D eigenvalue weighted by molar-refractivity contribution is 0.454. The van der Waals surface area contributed by atoms with Crippen molar-refractivity contribution in [2.75, 3.05) is 0 Å². The molecule has 1 aromatic rings. The predicted octanol–water partition coefficient (Wildman–Crippen LogP) is 4.94. The minimum absolute atomic E-state index is 0.313. The molecule has 0 aliphatic rings. The maximum absolute atomic E-state index is 11.4. The van der Waals surface area contributed by atoms with Crippen LogP contribution in [0.15, 0.2) is 82.5 Å². The van der Waals surface area contributed by atoms with Crippen LogP contribution in [0.25, 0.3) is 0 Å². The van der Waals surface area contributed by atoms with Crippen LogP contribution in [-0.2, 0) is 6.42 Å². The molecule has 0 aromatic carbocycles. The smallest absolute Gasteiger partial charge is 0.293 e. The second-order valence-corrected chi connectivity index (χ2v) is 5.85. The van der Waals surface area contributed by atoms with E-state index >= 15 is 0 Å². The third kappa shape index (κ3) is 7.92. The molecule has 1 aromatic heterocycles. The summed E-state index contributed by atoms with van der Waals surface area (Å²) in [5, 5.41) is 9.78. The minimum atomic E-state index is -0.516. The topological polar surface area (TPSA) is 66.0 Å². The predicted molar refractivity (Wildman–Crippen MR) is 117 cm³/mol. The standard InChI is InChI=1S/C24H28N2O2/c1-5-9-10-11-19(6-2)12-13-20(7-3)14-15-21(8-4)16-17-22-23(27)24(28)26-18-25-22/h5-11,14-15,18,27H,16-17H2,1-4H3,(H,25,26,28)/b9-5-,11-10-,15-14-,19-6+,20-7-,21-8+. The normalized spacial score (nSPS) is 13.5. The molecular weight excluding hydrogens is 348 g/mol. The number of rotatable bonds is 7. The average Bonchev–Trinajstić information content (AvgIpc) is 2.71. The average molecular weight is 377 g/mol. The monoisotopic (exact) mass is 376 g/mol. The summed E-state index contributed by atoms with van der Waals surface area (Å²) >= 11 is 0. The molecule has 0 radical (unpaired) electrons. The van der Waals surface area contributed by atoms with Crippen molar-refractivity contribution in [2.24, 2.45) is 0 Å².